The number of methoxy groups -OCH3 is 1. The summed E-state index contributed by atoms with van der Waals surface area (Å²) in [4.78, 5) is 17.9. The third-order valence-electron chi connectivity index (χ3n) is 6.79. The average Bonchev–Trinajstić information content (AvgIpc) is 3.26. The summed E-state index contributed by atoms with van der Waals surface area (Å²) in [6.07, 6.45) is 15.7. The molecule has 0 saturated carbocycles. The molecule has 5 nitrogen and oxygen atoms in total. The Morgan fingerprint density at radius 1 is 1.03 bits per heavy atom. The molecule has 1 amide bonds. The molecule has 5 heteroatoms. The van der Waals surface area contributed by atoms with E-state index < -0.39 is 0 Å². The number of hydrogen-bond acceptors (Lipinski definition) is 3. The Morgan fingerprint density at radius 3 is 2.69 bits per heavy atom. The summed E-state index contributed by atoms with van der Waals surface area (Å²) >= 11 is 0. The van der Waals surface area contributed by atoms with Gasteiger partial charge in [-0.05, 0) is 76.1 Å². The predicted octanol–water partition coefficient (Wildman–Crippen LogP) is 4.18. The minimum Gasteiger partial charge on any atom is -0.385 e. The Labute approximate surface area is 177 Å². The van der Waals surface area contributed by atoms with Gasteiger partial charge in [0.25, 0.3) is 0 Å². The molecule has 164 valence electrons. The highest BCUT2D eigenvalue weighted by Crippen LogP contribution is 2.31. The number of piperidine rings is 2. The fourth-order valence-corrected chi connectivity index (χ4v) is 5.22. The molecule has 2 atom stereocenters. The Hall–Kier alpha value is -1.33. The van der Waals surface area contributed by atoms with Crippen LogP contribution in [0.4, 0.5) is 0 Å². The Bertz CT molecular complexity index is 573. The van der Waals surface area contributed by atoms with Gasteiger partial charge < -0.3 is 19.1 Å². The molecule has 3 rings (SSSR count). The molecule has 2 fully saturated rings. The highest BCUT2D eigenvalue weighted by molar-refractivity contribution is 5.76. The normalized spacial score (nSPS) is 22.4. The minimum absolute atomic E-state index is 0.356. The topological polar surface area (TPSA) is 37.7 Å². The molecular formula is C24H41N3O2. The van der Waals surface area contributed by atoms with E-state index in [-0.39, 0.29) is 0 Å². The van der Waals surface area contributed by atoms with Crippen molar-refractivity contribution in [3.63, 3.8) is 0 Å². The second-order valence-electron chi connectivity index (χ2n) is 8.92. The standard InChI is InChI=1S/C24H41N3O2/c1-29-20-10-19-27(21-22-11-9-18-26-17-6-4-12-23(22)26)24(28)13-3-2-5-14-25-15-7-8-16-25/h7-8,15-16,22-23H,2-6,9-14,17-21H2,1H3. The number of rotatable bonds is 12. The molecule has 2 unspecified atom stereocenters. The molecule has 0 spiro atoms. The first-order chi connectivity index (χ1) is 14.3. The van der Waals surface area contributed by atoms with Crippen molar-refractivity contribution >= 4 is 5.91 Å². The maximum Gasteiger partial charge on any atom is 0.222 e. The van der Waals surface area contributed by atoms with E-state index in [1.165, 1.54) is 45.2 Å². The van der Waals surface area contributed by atoms with Gasteiger partial charge in [-0.15, -0.1) is 0 Å². The number of aromatic nitrogens is 1. The molecule has 1 aromatic heterocycles. The van der Waals surface area contributed by atoms with Crippen LogP contribution in [0.1, 0.15) is 64.2 Å². The number of aryl methyl sites for hydroxylation is 1. The van der Waals surface area contributed by atoms with E-state index in [1.807, 2.05) is 0 Å². The summed E-state index contributed by atoms with van der Waals surface area (Å²) in [7, 11) is 1.75. The number of hydrogen-bond donors (Lipinski definition) is 0. The average molecular weight is 404 g/mol. The predicted molar refractivity (Wildman–Crippen MR) is 118 cm³/mol. The van der Waals surface area contributed by atoms with Crippen molar-refractivity contribution in [2.45, 2.75) is 76.8 Å². The number of fused-ring (bicyclic) bond motifs is 1. The van der Waals surface area contributed by atoms with Crippen molar-refractivity contribution in [1.29, 1.82) is 0 Å². The number of ether oxygens (including phenoxy) is 1. The van der Waals surface area contributed by atoms with Crippen molar-refractivity contribution in [3.05, 3.63) is 24.5 Å². The lowest BCUT2D eigenvalue weighted by molar-refractivity contribution is -0.133. The summed E-state index contributed by atoms with van der Waals surface area (Å²) in [6.45, 7) is 6.12. The zero-order valence-electron chi connectivity index (χ0n) is 18.4. The van der Waals surface area contributed by atoms with Crippen LogP contribution in [0, 0.1) is 5.92 Å². The number of carbonyl (C=O) groups is 1. The van der Waals surface area contributed by atoms with Crippen molar-refractivity contribution in [1.82, 2.24) is 14.4 Å². The molecule has 29 heavy (non-hydrogen) atoms. The molecule has 2 saturated heterocycles. The molecule has 2 aliphatic heterocycles. The van der Waals surface area contributed by atoms with E-state index in [1.54, 1.807) is 7.11 Å². The smallest absolute Gasteiger partial charge is 0.222 e. The minimum atomic E-state index is 0.356. The molecule has 0 aliphatic carbocycles. The quantitative estimate of drug-likeness (QED) is 0.492. The van der Waals surface area contributed by atoms with Crippen LogP contribution in [0.15, 0.2) is 24.5 Å². The van der Waals surface area contributed by atoms with Crippen LogP contribution >= 0.6 is 0 Å². The Morgan fingerprint density at radius 2 is 1.86 bits per heavy atom. The molecule has 2 aliphatic rings. The lowest BCUT2D eigenvalue weighted by atomic mass is 9.83. The van der Waals surface area contributed by atoms with Gasteiger partial charge in [0.1, 0.15) is 0 Å². The molecule has 0 aromatic carbocycles. The van der Waals surface area contributed by atoms with E-state index in [9.17, 15) is 4.79 Å². The first-order valence-corrected chi connectivity index (χ1v) is 11.9. The molecule has 3 heterocycles. The van der Waals surface area contributed by atoms with Crippen LogP contribution in [0.3, 0.4) is 0 Å². The van der Waals surface area contributed by atoms with E-state index >= 15 is 0 Å². The highest BCUT2D eigenvalue weighted by atomic mass is 16.5. The SMILES string of the molecule is COCCCN(CC1CCCN2CCCCC12)C(=O)CCCCCn1cccc1. The Kier molecular flexibility index (Phi) is 9.55. The molecule has 0 radical (unpaired) electrons. The second kappa shape index (κ2) is 12.4. The summed E-state index contributed by atoms with van der Waals surface area (Å²) in [5.74, 6) is 1.01. The lowest BCUT2D eigenvalue weighted by Gasteiger charge is -2.45. The summed E-state index contributed by atoms with van der Waals surface area (Å²) in [5, 5.41) is 0. The first-order valence-electron chi connectivity index (χ1n) is 11.9. The van der Waals surface area contributed by atoms with Gasteiger partial charge in [-0.1, -0.05) is 12.8 Å². The van der Waals surface area contributed by atoms with Crippen LogP contribution < -0.4 is 0 Å². The maximum absolute atomic E-state index is 13.0. The van der Waals surface area contributed by atoms with Crippen LogP contribution in [0.5, 0.6) is 0 Å². The second-order valence-corrected chi connectivity index (χ2v) is 8.92. The third-order valence-corrected chi connectivity index (χ3v) is 6.79. The fraction of sp³-hybridized carbons (Fsp3) is 0.792. The van der Waals surface area contributed by atoms with Crippen molar-refractivity contribution in [2.75, 3.05) is 39.9 Å². The van der Waals surface area contributed by atoms with Gasteiger partial charge in [0.2, 0.25) is 5.91 Å². The molecule has 0 N–H and O–H groups in total. The van der Waals surface area contributed by atoms with E-state index in [4.69, 9.17) is 4.74 Å². The summed E-state index contributed by atoms with van der Waals surface area (Å²) in [5.41, 5.74) is 0. The van der Waals surface area contributed by atoms with Gasteiger partial charge >= 0.3 is 0 Å². The third kappa shape index (κ3) is 7.14. The highest BCUT2D eigenvalue weighted by Gasteiger charge is 2.34. The van der Waals surface area contributed by atoms with E-state index in [2.05, 4.69) is 38.9 Å². The van der Waals surface area contributed by atoms with Crippen molar-refractivity contribution in [2.24, 2.45) is 5.92 Å². The molecule has 1 aromatic rings. The monoisotopic (exact) mass is 403 g/mol. The lowest BCUT2D eigenvalue weighted by Crippen LogP contribution is -2.51. The van der Waals surface area contributed by atoms with Crippen LogP contribution in [0.2, 0.25) is 0 Å². The Balaban J connectivity index is 1.45. The zero-order valence-corrected chi connectivity index (χ0v) is 18.4. The van der Waals surface area contributed by atoms with Gasteiger partial charge in [-0.3, -0.25) is 4.79 Å². The van der Waals surface area contributed by atoms with E-state index in [0.717, 1.165) is 51.9 Å². The van der Waals surface area contributed by atoms with Gasteiger partial charge in [0, 0.05) is 58.2 Å². The van der Waals surface area contributed by atoms with Gasteiger partial charge in [0.05, 0.1) is 0 Å². The van der Waals surface area contributed by atoms with Crippen LogP contribution in [-0.4, -0.2) is 66.2 Å². The number of amides is 1. The molecule has 0 bridgehead atoms. The van der Waals surface area contributed by atoms with Crippen LogP contribution in [-0.2, 0) is 16.1 Å². The van der Waals surface area contributed by atoms with Crippen molar-refractivity contribution < 1.29 is 9.53 Å². The maximum atomic E-state index is 13.0. The summed E-state index contributed by atoms with van der Waals surface area (Å²) in [6, 6.07) is 4.84. The number of unbranched alkanes of at least 4 members (excludes halogenated alkanes) is 2. The zero-order chi connectivity index (χ0) is 20.3. The van der Waals surface area contributed by atoms with Gasteiger partial charge in [0.15, 0.2) is 0 Å². The number of nitrogens with zero attached hydrogens (tertiary/aromatic N) is 3. The van der Waals surface area contributed by atoms with Gasteiger partial charge in [-0.2, -0.15) is 0 Å². The largest absolute Gasteiger partial charge is 0.385 e. The molecular weight excluding hydrogens is 362 g/mol. The van der Waals surface area contributed by atoms with Crippen LogP contribution in [0.25, 0.3) is 0 Å². The van der Waals surface area contributed by atoms with E-state index in [0.29, 0.717) is 24.3 Å². The van der Waals surface area contributed by atoms with Gasteiger partial charge in [-0.25, -0.2) is 0 Å². The number of carbonyl (C=O) groups excluding carboxylic acids is 1. The summed E-state index contributed by atoms with van der Waals surface area (Å²) < 4.78 is 7.47. The fourth-order valence-electron chi connectivity index (χ4n) is 5.22. The van der Waals surface area contributed by atoms with Crippen molar-refractivity contribution in [3.8, 4) is 0 Å². The first kappa shape index (κ1) is 22.4.